The van der Waals surface area contributed by atoms with Crippen molar-refractivity contribution in [3.63, 3.8) is 0 Å². The third kappa shape index (κ3) is 5.21. The number of rotatable bonds is 8. The Morgan fingerprint density at radius 3 is 2.15 bits per heavy atom. The van der Waals surface area contributed by atoms with E-state index in [1.54, 1.807) is 48.3 Å². The standard InChI is InChI=1S/C22H23N3O7S/c1-25-9-8-23-20(25)19(14-6-5-7-17(11-14)30-2)24-33(28,29)18-12-15(21(26)31-3)10-16(13-18)22(27)32-4/h5-13,19,24H,1-4H3. The van der Waals surface area contributed by atoms with E-state index in [2.05, 4.69) is 19.2 Å². The average molecular weight is 474 g/mol. The lowest BCUT2D eigenvalue weighted by atomic mass is 10.1. The minimum absolute atomic E-state index is 0.115. The SMILES string of the molecule is COC(=O)c1cc(C(=O)OC)cc(S(=O)(=O)NC(c2cccc(OC)c2)c2nccn2C)c1. The number of aromatic nitrogens is 2. The quantitative estimate of drug-likeness (QED) is 0.493. The van der Waals surface area contributed by atoms with Crippen molar-refractivity contribution in [3.05, 3.63) is 77.4 Å². The molecule has 0 saturated heterocycles. The normalized spacial score (nSPS) is 12.1. The molecule has 3 aromatic rings. The van der Waals surface area contributed by atoms with Gasteiger partial charge in [-0.15, -0.1) is 0 Å². The molecule has 2 aromatic carbocycles. The van der Waals surface area contributed by atoms with Crippen molar-refractivity contribution >= 4 is 22.0 Å². The molecule has 33 heavy (non-hydrogen) atoms. The van der Waals surface area contributed by atoms with Gasteiger partial charge in [0.25, 0.3) is 0 Å². The molecule has 0 aliphatic rings. The van der Waals surface area contributed by atoms with E-state index in [9.17, 15) is 18.0 Å². The van der Waals surface area contributed by atoms with E-state index in [4.69, 9.17) is 4.74 Å². The van der Waals surface area contributed by atoms with E-state index in [0.29, 0.717) is 17.1 Å². The molecule has 174 valence electrons. The van der Waals surface area contributed by atoms with Crippen LogP contribution in [0.4, 0.5) is 0 Å². The number of carbonyl (C=O) groups excluding carboxylic acids is 2. The fraction of sp³-hybridized carbons (Fsp3) is 0.227. The van der Waals surface area contributed by atoms with Gasteiger partial charge >= 0.3 is 11.9 Å². The highest BCUT2D eigenvalue weighted by molar-refractivity contribution is 7.89. The summed E-state index contributed by atoms with van der Waals surface area (Å²) >= 11 is 0. The van der Waals surface area contributed by atoms with E-state index in [1.807, 2.05) is 0 Å². The molecule has 0 saturated carbocycles. The first-order chi connectivity index (χ1) is 15.7. The van der Waals surface area contributed by atoms with E-state index >= 15 is 0 Å². The lowest BCUT2D eigenvalue weighted by Gasteiger charge is -2.20. The second-order valence-electron chi connectivity index (χ2n) is 6.96. The van der Waals surface area contributed by atoms with E-state index < -0.39 is 28.0 Å². The van der Waals surface area contributed by atoms with Gasteiger partial charge in [-0.2, -0.15) is 4.72 Å². The summed E-state index contributed by atoms with van der Waals surface area (Å²) in [4.78, 5) is 28.1. The van der Waals surface area contributed by atoms with Gasteiger partial charge in [-0.25, -0.2) is 23.0 Å². The maximum absolute atomic E-state index is 13.4. The van der Waals surface area contributed by atoms with Crippen molar-refractivity contribution in [1.82, 2.24) is 14.3 Å². The molecule has 0 aliphatic carbocycles. The van der Waals surface area contributed by atoms with Crippen LogP contribution in [0.25, 0.3) is 0 Å². The number of esters is 2. The molecule has 3 rings (SSSR count). The molecule has 1 N–H and O–H groups in total. The number of ether oxygens (including phenoxy) is 3. The molecule has 0 fully saturated rings. The van der Waals surface area contributed by atoms with Crippen molar-refractivity contribution in [2.45, 2.75) is 10.9 Å². The summed E-state index contributed by atoms with van der Waals surface area (Å²) in [5.41, 5.74) is 0.343. The average Bonchev–Trinajstić information content (AvgIpc) is 3.26. The van der Waals surface area contributed by atoms with Crippen molar-refractivity contribution in [2.24, 2.45) is 7.05 Å². The van der Waals surface area contributed by atoms with Crippen molar-refractivity contribution in [1.29, 1.82) is 0 Å². The zero-order chi connectivity index (χ0) is 24.2. The van der Waals surface area contributed by atoms with Gasteiger partial charge in [0.05, 0.1) is 37.4 Å². The molecule has 11 heteroatoms. The Bertz CT molecular complexity index is 1250. The smallest absolute Gasteiger partial charge is 0.337 e. The summed E-state index contributed by atoms with van der Waals surface area (Å²) < 4.78 is 45.8. The van der Waals surface area contributed by atoms with Crippen molar-refractivity contribution < 1.29 is 32.2 Å². The topological polar surface area (TPSA) is 126 Å². The highest BCUT2D eigenvalue weighted by Gasteiger charge is 2.28. The Labute approximate surface area is 191 Å². The number of carbonyl (C=O) groups is 2. The van der Waals surface area contributed by atoms with Gasteiger partial charge < -0.3 is 18.8 Å². The lowest BCUT2D eigenvalue weighted by Crippen LogP contribution is -2.31. The molecule has 10 nitrogen and oxygen atoms in total. The number of nitrogens with zero attached hydrogens (tertiary/aromatic N) is 2. The molecule has 0 amide bonds. The van der Waals surface area contributed by atoms with Crippen LogP contribution in [-0.4, -0.2) is 51.2 Å². The number of benzene rings is 2. The number of imidazole rings is 1. The summed E-state index contributed by atoms with van der Waals surface area (Å²) in [5, 5.41) is 0. The first-order valence-electron chi connectivity index (χ1n) is 9.65. The molecule has 1 heterocycles. The molecule has 0 aliphatic heterocycles. The van der Waals surface area contributed by atoms with Gasteiger partial charge in [0.15, 0.2) is 0 Å². The van der Waals surface area contributed by atoms with Crippen LogP contribution in [0.3, 0.4) is 0 Å². The fourth-order valence-electron chi connectivity index (χ4n) is 3.20. The van der Waals surface area contributed by atoms with Gasteiger partial charge in [-0.3, -0.25) is 0 Å². The maximum Gasteiger partial charge on any atom is 0.337 e. The predicted octanol–water partition coefficient (Wildman–Crippen LogP) is 2.07. The fourth-order valence-corrected chi connectivity index (χ4v) is 4.45. The molecule has 0 bridgehead atoms. The van der Waals surface area contributed by atoms with Gasteiger partial charge in [0.1, 0.15) is 17.6 Å². The third-order valence-electron chi connectivity index (χ3n) is 4.88. The summed E-state index contributed by atoms with van der Waals surface area (Å²) in [6, 6.07) is 9.44. The summed E-state index contributed by atoms with van der Waals surface area (Å²) in [5.74, 6) is -0.646. The molecule has 0 spiro atoms. The Kier molecular flexibility index (Phi) is 7.14. The van der Waals surface area contributed by atoms with Crippen LogP contribution < -0.4 is 9.46 Å². The first kappa shape index (κ1) is 24.0. The molecule has 0 radical (unpaired) electrons. The van der Waals surface area contributed by atoms with Crippen LogP contribution in [0, 0.1) is 0 Å². The van der Waals surface area contributed by atoms with Gasteiger partial charge in [-0.1, -0.05) is 12.1 Å². The Balaban J connectivity index is 2.12. The zero-order valence-corrected chi connectivity index (χ0v) is 19.3. The van der Waals surface area contributed by atoms with Crippen molar-refractivity contribution in [2.75, 3.05) is 21.3 Å². The third-order valence-corrected chi connectivity index (χ3v) is 6.28. The Hall–Kier alpha value is -3.70. The van der Waals surface area contributed by atoms with E-state index in [1.165, 1.54) is 13.2 Å². The predicted molar refractivity (Wildman–Crippen MR) is 117 cm³/mol. The summed E-state index contributed by atoms with van der Waals surface area (Å²) in [6.07, 6.45) is 3.23. The van der Waals surface area contributed by atoms with Gasteiger partial charge in [-0.05, 0) is 35.9 Å². The minimum atomic E-state index is -4.26. The molecule has 1 aromatic heterocycles. The number of methoxy groups -OCH3 is 3. The number of hydrogen-bond donors (Lipinski definition) is 1. The monoisotopic (exact) mass is 473 g/mol. The second-order valence-corrected chi connectivity index (χ2v) is 8.67. The van der Waals surface area contributed by atoms with E-state index in [-0.39, 0.29) is 16.0 Å². The zero-order valence-electron chi connectivity index (χ0n) is 18.4. The van der Waals surface area contributed by atoms with Crippen LogP contribution in [0.5, 0.6) is 5.75 Å². The number of nitrogens with one attached hydrogen (secondary N) is 1. The molecular weight excluding hydrogens is 450 g/mol. The maximum atomic E-state index is 13.4. The molecule has 1 unspecified atom stereocenters. The number of sulfonamides is 1. The number of aryl methyl sites for hydroxylation is 1. The first-order valence-corrected chi connectivity index (χ1v) is 11.1. The Morgan fingerprint density at radius 1 is 1.00 bits per heavy atom. The minimum Gasteiger partial charge on any atom is -0.497 e. The van der Waals surface area contributed by atoms with E-state index in [0.717, 1.165) is 26.4 Å². The number of hydrogen-bond acceptors (Lipinski definition) is 8. The lowest BCUT2D eigenvalue weighted by molar-refractivity contribution is 0.0598. The second kappa shape index (κ2) is 9.84. The van der Waals surface area contributed by atoms with Crippen molar-refractivity contribution in [3.8, 4) is 5.75 Å². The van der Waals surface area contributed by atoms with Crippen LogP contribution in [0.2, 0.25) is 0 Å². The van der Waals surface area contributed by atoms with Crippen LogP contribution in [-0.2, 0) is 26.5 Å². The highest BCUT2D eigenvalue weighted by atomic mass is 32.2. The van der Waals surface area contributed by atoms with Gasteiger partial charge in [0.2, 0.25) is 10.0 Å². The molecule has 1 atom stereocenters. The van der Waals surface area contributed by atoms with Crippen LogP contribution in [0.15, 0.2) is 59.8 Å². The van der Waals surface area contributed by atoms with Gasteiger partial charge in [0, 0.05) is 19.4 Å². The summed E-state index contributed by atoms with van der Waals surface area (Å²) in [7, 11) is 1.29. The summed E-state index contributed by atoms with van der Waals surface area (Å²) in [6.45, 7) is 0. The molecular formula is C22H23N3O7S. The largest absolute Gasteiger partial charge is 0.497 e. The highest BCUT2D eigenvalue weighted by Crippen LogP contribution is 2.27. The van der Waals surface area contributed by atoms with Crippen LogP contribution >= 0.6 is 0 Å². The van der Waals surface area contributed by atoms with Crippen LogP contribution in [0.1, 0.15) is 38.1 Å². The Morgan fingerprint density at radius 2 is 1.64 bits per heavy atom.